The van der Waals surface area contributed by atoms with E-state index < -0.39 is 27.9 Å². The van der Waals surface area contributed by atoms with Crippen molar-refractivity contribution in [2.24, 2.45) is 0 Å². The zero-order chi connectivity index (χ0) is 30.1. The smallest absolute Gasteiger partial charge is 0.307 e. The van der Waals surface area contributed by atoms with Crippen molar-refractivity contribution in [2.75, 3.05) is 31.9 Å². The van der Waals surface area contributed by atoms with E-state index >= 15 is 0 Å². The zero-order valence-electron chi connectivity index (χ0n) is 21.5. The molecule has 0 aromatic heterocycles. The van der Waals surface area contributed by atoms with Crippen LogP contribution in [0, 0.1) is 20.2 Å². The third-order valence-corrected chi connectivity index (χ3v) is 5.48. The third-order valence-electron chi connectivity index (χ3n) is 5.48. The Balaban J connectivity index is 1.39. The fraction of sp³-hybridized carbons (Fsp3) is 0. The summed E-state index contributed by atoms with van der Waals surface area (Å²) in [6.45, 7) is 0. The van der Waals surface area contributed by atoms with E-state index in [1.807, 2.05) is 0 Å². The number of nitro groups is 2. The monoisotopic (exact) mass is 570 g/mol. The quantitative estimate of drug-likeness (QED) is 0.103. The number of amides is 6. The van der Waals surface area contributed by atoms with Gasteiger partial charge in [-0.2, -0.15) is 0 Å². The lowest BCUT2D eigenvalue weighted by Crippen LogP contribution is -2.24. The highest BCUT2D eigenvalue weighted by Gasteiger charge is 2.14. The molecule has 4 aromatic rings. The molecule has 212 valence electrons. The molecule has 0 aliphatic heterocycles. The average Bonchev–Trinajstić information content (AvgIpc) is 2.95. The van der Waals surface area contributed by atoms with E-state index in [1.54, 1.807) is 36.4 Å². The minimum absolute atomic E-state index is 0.192. The molecule has 0 atom stereocenters. The third kappa shape index (κ3) is 7.76. The molecule has 0 unspecified atom stereocenters. The number of hydrogen-bond donors (Lipinski definition) is 6. The summed E-state index contributed by atoms with van der Waals surface area (Å²) in [7, 11) is 0. The highest BCUT2D eigenvalue weighted by atomic mass is 16.6. The van der Waals surface area contributed by atoms with Gasteiger partial charge in [0, 0.05) is 35.6 Å². The SMILES string of the molecule is O=C(Nc1cccc([N+](=O)[O-])c1)Nc1ccccc1NC(=O)Nc1ccccc1NC(=O)Nc1cccc([N+](=O)[O-])c1. The summed E-state index contributed by atoms with van der Waals surface area (Å²) in [4.78, 5) is 58.7. The maximum absolute atomic E-state index is 12.8. The Bertz CT molecular complexity index is 1560. The Hall–Kier alpha value is -6.51. The van der Waals surface area contributed by atoms with Gasteiger partial charge < -0.3 is 31.9 Å². The molecule has 0 fully saturated rings. The number of carbonyl (C=O) groups excluding carboxylic acids is 3. The lowest BCUT2D eigenvalue weighted by atomic mass is 10.2. The minimum atomic E-state index is -0.700. The van der Waals surface area contributed by atoms with Crippen LogP contribution < -0.4 is 31.9 Å². The van der Waals surface area contributed by atoms with E-state index in [-0.39, 0.29) is 45.5 Å². The molecule has 4 rings (SSSR count). The van der Waals surface area contributed by atoms with Crippen LogP contribution in [0.15, 0.2) is 97.1 Å². The van der Waals surface area contributed by atoms with E-state index in [2.05, 4.69) is 31.9 Å². The molecular formula is C27H22N8O7. The fourth-order valence-electron chi connectivity index (χ4n) is 3.64. The van der Waals surface area contributed by atoms with Gasteiger partial charge in [0.05, 0.1) is 32.6 Å². The van der Waals surface area contributed by atoms with Gasteiger partial charge in [0.1, 0.15) is 0 Å². The molecular weight excluding hydrogens is 548 g/mol. The molecule has 6 amide bonds. The molecule has 0 saturated heterocycles. The van der Waals surface area contributed by atoms with Crippen molar-refractivity contribution in [3.05, 3.63) is 117 Å². The minimum Gasteiger partial charge on any atom is -0.307 e. The van der Waals surface area contributed by atoms with Crippen LogP contribution in [-0.2, 0) is 0 Å². The number of nitro benzene ring substituents is 2. The van der Waals surface area contributed by atoms with Crippen molar-refractivity contribution in [2.45, 2.75) is 0 Å². The van der Waals surface area contributed by atoms with Crippen molar-refractivity contribution in [1.82, 2.24) is 0 Å². The number of urea groups is 3. The summed E-state index contributed by atoms with van der Waals surface area (Å²) >= 11 is 0. The second-order valence-corrected chi connectivity index (χ2v) is 8.44. The van der Waals surface area contributed by atoms with E-state index in [0.717, 1.165) is 0 Å². The largest absolute Gasteiger partial charge is 0.323 e. The number of anilines is 6. The lowest BCUT2D eigenvalue weighted by Gasteiger charge is -2.15. The first-order chi connectivity index (χ1) is 20.2. The highest BCUT2D eigenvalue weighted by molar-refractivity contribution is 6.08. The van der Waals surface area contributed by atoms with E-state index in [4.69, 9.17) is 0 Å². The molecule has 0 heterocycles. The van der Waals surface area contributed by atoms with Crippen LogP contribution in [0.25, 0.3) is 0 Å². The molecule has 15 heteroatoms. The Morgan fingerprint density at radius 3 is 1.07 bits per heavy atom. The van der Waals surface area contributed by atoms with Crippen molar-refractivity contribution >= 4 is 63.6 Å². The molecule has 0 aliphatic carbocycles. The van der Waals surface area contributed by atoms with Gasteiger partial charge in [-0.3, -0.25) is 20.2 Å². The number of non-ortho nitro benzene ring substituents is 2. The van der Waals surface area contributed by atoms with Gasteiger partial charge in [0.15, 0.2) is 0 Å². The number of nitrogens with one attached hydrogen (secondary N) is 6. The summed E-state index contributed by atoms with van der Waals surface area (Å²) in [5.41, 5.74) is 0.949. The van der Waals surface area contributed by atoms with Gasteiger partial charge in [0.2, 0.25) is 0 Å². The molecule has 0 aliphatic rings. The first-order valence-corrected chi connectivity index (χ1v) is 12.1. The predicted molar refractivity (Wildman–Crippen MR) is 157 cm³/mol. The van der Waals surface area contributed by atoms with E-state index in [1.165, 1.54) is 60.7 Å². The van der Waals surface area contributed by atoms with Crippen molar-refractivity contribution in [1.29, 1.82) is 0 Å². The van der Waals surface area contributed by atoms with Crippen molar-refractivity contribution in [3.63, 3.8) is 0 Å². The summed E-state index contributed by atoms with van der Waals surface area (Å²) in [6.07, 6.45) is 0. The number of carbonyl (C=O) groups is 3. The summed E-state index contributed by atoms with van der Waals surface area (Å²) in [5, 5.41) is 37.3. The molecule has 0 saturated carbocycles. The Morgan fingerprint density at radius 1 is 0.452 bits per heavy atom. The number of nitrogens with zero attached hydrogens (tertiary/aromatic N) is 2. The summed E-state index contributed by atoms with van der Waals surface area (Å²) in [6, 6.07) is 21.4. The van der Waals surface area contributed by atoms with Crippen LogP contribution >= 0.6 is 0 Å². The first kappa shape index (κ1) is 28.5. The molecule has 0 radical (unpaired) electrons. The zero-order valence-corrected chi connectivity index (χ0v) is 21.5. The summed E-state index contributed by atoms with van der Waals surface area (Å²) < 4.78 is 0. The number of rotatable bonds is 8. The van der Waals surface area contributed by atoms with Gasteiger partial charge in [-0.25, -0.2) is 14.4 Å². The van der Waals surface area contributed by atoms with Crippen LogP contribution in [0.2, 0.25) is 0 Å². The normalized spacial score (nSPS) is 10.1. The molecule has 42 heavy (non-hydrogen) atoms. The Morgan fingerprint density at radius 2 is 0.762 bits per heavy atom. The molecule has 0 bridgehead atoms. The topological polar surface area (TPSA) is 210 Å². The van der Waals surface area contributed by atoms with E-state index in [9.17, 15) is 34.6 Å². The van der Waals surface area contributed by atoms with Crippen LogP contribution in [-0.4, -0.2) is 27.9 Å². The van der Waals surface area contributed by atoms with Gasteiger partial charge in [-0.15, -0.1) is 0 Å². The molecule has 15 nitrogen and oxygen atoms in total. The standard InChI is InChI=1S/C27H22N8O7/c36-25(28-17-7-5-9-19(15-17)34(39)40)30-21-11-1-3-13-23(21)32-27(38)33-24-14-4-2-12-22(24)31-26(37)29-18-8-6-10-20(16-18)35(41)42/h1-16H,(H2,28,30,36)(H2,29,31,37)(H2,32,33,38). The van der Waals surface area contributed by atoms with Gasteiger partial charge in [-0.1, -0.05) is 36.4 Å². The molecule has 0 spiro atoms. The fourth-order valence-corrected chi connectivity index (χ4v) is 3.64. The summed E-state index contributed by atoms with van der Waals surface area (Å²) in [5.74, 6) is 0. The maximum atomic E-state index is 12.8. The van der Waals surface area contributed by atoms with Crippen LogP contribution in [0.5, 0.6) is 0 Å². The Labute approximate surface area is 237 Å². The predicted octanol–water partition coefficient (Wildman–Crippen LogP) is 6.44. The Kier molecular flexibility index (Phi) is 8.84. The van der Waals surface area contributed by atoms with Crippen molar-refractivity contribution < 1.29 is 24.2 Å². The van der Waals surface area contributed by atoms with Gasteiger partial charge >= 0.3 is 18.1 Å². The second-order valence-electron chi connectivity index (χ2n) is 8.44. The van der Waals surface area contributed by atoms with Gasteiger partial charge in [0.25, 0.3) is 11.4 Å². The maximum Gasteiger partial charge on any atom is 0.323 e. The average molecular weight is 571 g/mol. The van der Waals surface area contributed by atoms with Gasteiger partial charge in [-0.05, 0) is 36.4 Å². The van der Waals surface area contributed by atoms with E-state index in [0.29, 0.717) is 0 Å². The number of para-hydroxylation sites is 4. The van der Waals surface area contributed by atoms with Crippen molar-refractivity contribution in [3.8, 4) is 0 Å². The van der Waals surface area contributed by atoms with Crippen LogP contribution in [0.3, 0.4) is 0 Å². The van der Waals surface area contributed by atoms with Crippen LogP contribution in [0.4, 0.5) is 59.9 Å². The highest BCUT2D eigenvalue weighted by Crippen LogP contribution is 2.25. The lowest BCUT2D eigenvalue weighted by molar-refractivity contribution is -0.385. The van der Waals surface area contributed by atoms with Crippen LogP contribution in [0.1, 0.15) is 0 Å². The number of hydrogen-bond acceptors (Lipinski definition) is 7. The number of benzene rings is 4. The molecule has 6 N–H and O–H groups in total. The first-order valence-electron chi connectivity index (χ1n) is 12.1. The second kappa shape index (κ2) is 13.0. The molecule has 4 aromatic carbocycles.